The third kappa shape index (κ3) is 4.81. The van der Waals surface area contributed by atoms with Crippen LogP contribution in [0.1, 0.15) is 13.3 Å². The molecular weight excluding hydrogens is 224 g/mol. The van der Waals surface area contributed by atoms with E-state index in [0.717, 1.165) is 13.0 Å². The van der Waals surface area contributed by atoms with Crippen LogP contribution in [0.25, 0.3) is 0 Å². The Bertz CT molecular complexity index is 319. The van der Waals surface area contributed by atoms with Gasteiger partial charge < -0.3 is 10.6 Å². The summed E-state index contributed by atoms with van der Waals surface area (Å²) in [5.74, 6) is -0.359. The molecular formula is C10H18N4O3. The molecule has 0 aromatic carbocycles. The monoisotopic (exact) mass is 242 g/mol. The van der Waals surface area contributed by atoms with Crippen LogP contribution in [-0.2, 0) is 9.59 Å². The summed E-state index contributed by atoms with van der Waals surface area (Å²) in [6.45, 7) is 4.36. The number of nitrogens with one attached hydrogen (secondary N) is 1. The number of carbonyl (C=O) groups excluding carboxylic acids is 3. The highest BCUT2D eigenvalue weighted by atomic mass is 16.2. The fourth-order valence-corrected chi connectivity index (χ4v) is 1.82. The van der Waals surface area contributed by atoms with Gasteiger partial charge in [0.2, 0.25) is 11.8 Å². The summed E-state index contributed by atoms with van der Waals surface area (Å²) >= 11 is 0. The van der Waals surface area contributed by atoms with Crippen molar-refractivity contribution >= 4 is 17.8 Å². The summed E-state index contributed by atoms with van der Waals surface area (Å²) in [6.07, 6.45) is 0.823. The van der Waals surface area contributed by atoms with Crippen molar-refractivity contribution in [3.8, 4) is 0 Å². The van der Waals surface area contributed by atoms with Crippen molar-refractivity contribution in [2.45, 2.75) is 13.3 Å². The molecule has 1 heterocycles. The number of hydrogen-bond donors (Lipinski definition) is 2. The van der Waals surface area contributed by atoms with E-state index in [1.54, 1.807) is 4.90 Å². The summed E-state index contributed by atoms with van der Waals surface area (Å²) in [4.78, 5) is 36.6. The van der Waals surface area contributed by atoms with Gasteiger partial charge in [-0.05, 0) is 6.42 Å². The summed E-state index contributed by atoms with van der Waals surface area (Å²) in [5.41, 5.74) is 4.85. The average Bonchev–Trinajstić information content (AvgIpc) is 2.41. The summed E-state index contributed by atoms with van der Waals surface area (Å²) < 4.78 is 0. The summed E-state index contributed by atoms with van der Waals surface area (Å²) in [6, 6.07) is -0.838. The summed E-state index contributed by atoms with van der Waals surface area (Å²) in [7, 11) is 0. The SMILES string of the molecule is CC(=O)N1CCCN(CC(=O)NC(N)=O)CC1. The minimum absolute atomic E-state index is 0.0495. The molecule has 1 fully saturated rings. The molecule has 0 aromatic rings. The first kappa shape index (κ1) is 13.4. The van der Waals surface area contributed by atoms with Crippen molar-refractivity contribution in [2.75, 3.05) is 32.7 Å². The predicted molar refractivity (Wildman–Crippen MR) is 61.0 cm³/mol. The molecule has 1 saturated heterocycles. The maximum atomic E-state index is 11.3. The lowest BCUT2D eigenvalue weighted by Crippen LogP contribution is -2.43. The highest BCUT2D eigenvalue weighted by Crippen LogP contribution is 2.02. The number of rotatable bonds is 2. The van der Waals surface area contributed by atoms with Gasteiger partial charge in [-0.2, -0.15) is 0 Å². The minimum atomic E-state index is -0.838. The lowest BCUT2D eigenvalue weighted by molar-refractivity contribution is -0.128. The highest BCUT2D eigenvalue weighted by molar-refractivity contribution is 5.94. The third-order valence-corrected chi connectivity index (χ3v) is 2.66. The number of hydrogen-bond acceptors (Lipinski definition) is 4. The van der Waals surface area contributed by atoms with Crippen molar-refractivity contribution in [3.63, 3.8) is 0 Å². The first-order valence-corrected chi connectivity index (χ1v) is 5.56. The second-order valence-electron chi connectivity index (χ2n) is 4.05. The molecule has 0 spiro atoms. The van der Waals surface area contributed by atoms with E-state index in [4.69, 9.17) is 5.73 Å². The maximum Gasteiger partial charge on any atom is 0.318 e. The maximum absolute atomic E-state index is 11.3. The van der Waals surface area contributed by atoms with Crippen molar-refractivity contribution in [3.05, 3.63) is 0 Å². The minimum Gasteiger partial charge on any atom is -0.351 e. The van der Waals surface area contributed by atoms with Crippen LogP contribution >= 0.6 is 0 Å². The van der Waals surface area contributed by atoms with Crippen LogP contribution in [0.4, 0.5) is 4.79 Å². The third-order valence-electron chi connectivity index (χ3n) is 2.66. The van der Waals surface area contributed by atoms with Crippen molar-refractivity contribution in [1.29, 1.82) is 0 Å². The molecule has 7 heteroatoms. The second-order valence-corrected chi connectivity index (χ2v) is 4.05. The molecule has 1 rings (SSSR count). The number of imide groups is 1. The normalized spacial score (nSPS) is 17.4. The van der Waals surface area contributed by atoms with Crippen molar-refractivity contribution in [2.24, 2.45) is 5.73 Å². The molecule has 0 aromatic heterocycles. The first-order valence-electron chi connectivity index (χ1n) is 5.56. The largest absolute Gasteiger partial charge is 0.351 e. The van der Waals surface area contributed by atoms with E-state index in [1.165, 1.54) is 6.92 Å². The molecule has 0 atom stereocenters. The zero-order valence-electron chi connectivity index (χ0n) is 9.94. The molecule has 1 aliphatic rings. The smallest absolute Gasteiger partial charge is 0.318 e. The standard InChI is InChI=1S/C10H18N4O3/c1-8(15)14-4-2-3-13(5-6-14)7-9(16)12-10(11)17/h2-7H2,1H3,(H3,11,12,16,17). The molecule has 4 amide bonds. The van der Waals surface area contributed by atoms with Crippen LogP contribution in [0.5, 0.6) is 0 Å². The van der Waals surface area contributed by atoms with Gasteiger partial charge in [0, 0.05) is 33.1 Å². The van der Waals surface area contributed by atoms with Gasteiger partial charge in [-0.3, -0.25) is 19.8 Å². The lowest BCUT2D eigenvalue weighted by Gasteiger charge is -2.20. The van der Waals surface area contributed by atoms with Crippen molar-refractivity contribution in [1.82, 2.24) is 15.1 Å². The van der Waals surface area contributed by atoms with E-state index in [1.807, 2.05) is 10.2 Å². The van der Waals surface area contributed by atoms with Crippen LogP contribution in [0, 0.1) is 0 Å². The van der Waals surface area contributed by atoms with E-state index in [-0.39, 0.29) is 12.5 Å². The van der Waals surface area contributed by atoms with Crippen LogP contribution in [0.15, 0.2) is 0 Å². The number of nitrogens with zero attached hydrogens (tertiary/aromatic N) is 2. The number of carbonyl (C=O) groups is 3. The Morgan fingerprint density at radius 3 is 2.47 bits per heavy atom. The molecule has 0 bridgehead atoms. The van der Waals surface area contributed by atoms with E-state index in [9.17, 15) is 14.4 Å². The Labute approximate surface area is 99.9 Å². The predicted octanol–water partition coefficient (Wildman–Crippen LogP) is -1.26. The topological polar surface area (TPSA) is 95.7 Å². The van der Waals surface area contributed by atoms with Crippen molar-refractivity contribution < 1.29 is 14.4 Å². The van der Waals surface area contributed by atoms with Crippen LogP contribution in [0.3, 0.4) is 0 Å². The van der Waals surface area contributed by atoms with Crippen LogP contribution in [0.2, 0.25) is 0 Å². The Morgan fingerprint density at radius 2 is 1.88 bits per heavy atom. The zero-order chi connectivity index (χ0) is 12.8. The van der Waals surface area contributed by atoms with Gasteiger partial charge in [0.25, 0.3) is 0 Å². The molecule has 96 valence electrons. The van der Waals surface area contributed by atoms with Gasteiger partial charge in [0.15, 0.2) is 0 Å². The van der Waals surface area contributed by atoms with Gasteiger partial charge >= 0.3 is 6.03 Å². The lowest BCUT2D eigenvalue weighted by atomic mass is 10.3. The zero-order valence-corrected chi connectivity index (χ0v) is 9.94. The highest BCUT2D eigenvalue weighted by Gasteiger charge is 2.18. The average molecular weight is 242 g/mol. The van der Waals surface area contributed by atoms with Crippen LogP contribution < -0.4 is 11.1 Å². The molecule has 0 radical (unpaired) electrons. The van der Waals surface area contributed by atoms with Gasteiger partial charge in [-0.1, -0.05) is 0 Å². The first-order chi connectivity index (χ1) is 7.99. The fraction of sp³-hybridized carbons (Fsp3) is 0.700. The number of urea groups is 1. The number of nitrogens with two attached hydrogens (primary N) is 1. The van der Waals surface area contributed by atoms with Crippen LogP contribution in [-0.4, -0.2) is 60.4 Å². The molecule has 0 saturated carbocycles. The number of primary amides is 1. The molecule has 7 nitrogen and oxygen atoms in total. The molecule has 0 aliphatic carbocycles. The van der Waals surface area contributed by atoms with Gasteiger partial charge in [-0.25, -0.2) is 4.79 Å². The summed E-state index contributed by atoms with van der Waals surface area (Å²) in [5, 5.41) is 2.02. The quantitative estimate of drug-likeness (QED) is 0.631. The van der Waals surface area contributed by atoms with Gasteiger partial charge in [0.05, 0.1) is 6.54 Å². The fourth-order valence-electron chi connectivity index (χ4n) is 1.82. The molecule has 3 N–H and O–H groups in total. The number of amides is 4. The Kier molecular flexibility index (Phi) is 4.89. The van der Waals surface area contributed by atoms with Gasteiger partial charge in [0.1, 0.15) is 0 Å². The Hall–Kier alpha value is -1.63. The molecule has 1 aliphatic heterocycles. The molecule has 17 heavy (non-hydrogen) atoms. The Balaban J connectivity index is 2.38. The van der Waals surface area contributed by atoms with E-state index >= 15 is 0 Å². The Morgan fingerprint density at radius 1 is 1.18 bits per heavy atom. The van der Waals surface area contributed by atoms with E-state index in [2.05, 4.69) is 0 Å². The van der Waals surface area contributed by atoms with E-state index < -0.39 is 11.9 Å². The van der Waals surface area contributed by atoms with Gasteiger partial charge in [-0.15, -0.1) is 0 Å². The molecule has 0 unspecified atom stereocenters. The second kappa shape index (κ2) is 6.19. The van der Waals surface area contributed by atoms with E-state index in [0.29, 0.717) is 19.6 Å².